The second-order valence-corrected chi connectivity index (χ2v) is 4.01. The Kier molecular flexibility index (Phi) is 3.88. The highest BCUT2D eigenvalue weighted by atomic mass is 35.5. The van der Waals surface area contributed by atoms with Crippen molar-refractivity contribution in [3.05, 3.63) is 46.9 Å². The Balaban J connectivity index is 2.46. The lowest BCUT2D eigenvalue weighted by molar-refractivity contribution is 0.178. The van der Waals surface area contributed by atoms with Gasteiger partial charge in [0, 0.05) is 18.7 Å². The standard InChI is InChI=1S/C13H10ClN3O/c1-18-8-13-16-11(6-12(14)17-13)10-4-2-3-9(5-10)7-15/h2-6H,8H2,1H3. The van der Waals surface area contributed by atoms with Crippen molar-refractivity contribution in [1.82, 2.24) is 9.97 Å². The van der Waals surface area contributed by atoms with E-state index in [0.717, 1.165) is 5.56 Å². The summed E-state index contributed by atoms with van der Waals surface area (Å²) in [5, 5.41) is 9.23. The van der Waals surface area contributed by atoms with Crippen molar-refractivity contribution < 1.29 is 4.74 Å². The molecule has 0 saturated heterocycles. The molecule has 4 nitrogen and oxygen atoms in total. The van der Waals surface area contributed by atoms with E-state index >= 15 is 0 Å². The number of nitriles is 1. The van der Waals surface area contributed by atoms with Crippen LogP contribution in [0.2, 0.25) is 5.15 Å². The molecule has 2 aromatic rings. The first-order valence-corrected chi connectivity index (χ1v) is 5.63. The van der Waals surface area contributed by atoms with Gasteiger partial charge in [-0.15, -0.1) is 0 Å². The van der Waals surface area contributed by atoms with Gasteiger partial charge in [0.25, 0.3) is 0 Å². The highest BCUT2D eigenvalue weighted by Crippen LogP contribution is 2.21. The van der Waals surface area contributed by atoms with Gasteiger partial charge < -0.3 is 4.74 Å². The highest BCUT2D eigenvalue weighted by Gasteiger charge is 2.06. The summed E-state index contributed by atoms with van der Waals surface area (Å²) in [6, 6.07) is 10.9. The molecular weight excluding hydrogens is 250 g/mol. The number of aromatic nitrogens is 2. The van der Waals surface area contributed by atoms with Gasteiger partial charge in [-0.1, -0.05) is 23.7 Å². The first kappa shape index (κ1) is 12.5. The number of ether oxygens (including phenoxy) is 1. The second-order valence-electron chi connectivity index (χ2n) is 3.62. The predicted octanol–water partition coefficient (Wildman–Crippen LogP) is 2.82. The van der Waals surface area contributed by atoms with E-state index in [-0.39, 0.29) is 0 Å². The summed E-state index contributed by atoms with van der Waals surface area (Å²) in [5.41, 5.74) is 2.09. The molecule has 1 aromatic heterocycles. The van der Waals surface area contributed by atoms with E-state index in [4.69, 9.17) is 21.6 Å². The maximum absolute atomic E-state index is 8.87. The predicted molar refractivity (Wildman–Crippen MR) is 67.9 cm³/mol. The number of nitrogens with zero attached hydrogens (tertiary/aromatic N) is 3. The largest absolute Gasteiger partial charge is 0.377 e. The van der Waals surface area contributed by atoms with Gasteiger partial charge in [-0.05, 0) is 12.1 Å². The van der Waals surface area contributed by atoms with E-state index in [9.17, 15) is 0 Å². The quantitative estimate of drug-likeness (QED) is 0.796. The minimum Gasteiger partial charge on any atom is -0.377 e. The fourth-order valence-corrected chi connectivity index (χ4v) is 1.76. The van der Waals surface area contributed by atoms with Gasteiger partial charge in [0.2, 0.25) is 0 Å². The molecule has 1 aromatic carbocycles. The zero-order valence-corrected chi connectivity index (χ0v) is 10.5. The normalized spacial score (nSPS) is 10.1. The van der Waals surface area contributed by atoms with E-state index in [1.54, 1.807) is 31.4 Å². The number of benzene rings is 1. The monoisotopic (exact) mass is 259 g/mol. The van der Waals surface area contributed by atoms with E-state index < -0.39 is 0 Å². The average Bonchev–Trinajstić information content (AvgIpc) is 2.38. The van der Waals surface area contributed by atoms with Crippen LogP contribution in [-0.2, 0) is 11.3 Å². The fourth-order valence-electron chi connectivity index (χ4n) is 1.55. The van der Waals surface area contributed by atoms with Crippen LogP contribution in [0.4, 0.5) is 0 Å². The van der Waals surface area contributed by atoms with Crippen molar-refractivity contribution in [2.24, 2.45) is 0 Å². The first-order chi connectivity index (χ1) is 8.72. The van der Waals surface area contributed by atoms with Gasteiger partial charge in [-0.2, -0.15) is 5.26 Å². The third-order valence-corrected chi connectivity index (χ3v) is 2.50. The van der Waals surface area contributed by atoms with Crippen LogP contribution < -0.4 is 0 Å². The molecule has 0 bridgehead atoms. The summed E-state index contributed by atoms with van der Waals surface area (Å²) in [4.78, 5) is 8.39. The molecule has 2 rings (SSSR count). The maximum atomic E-state index is 8.87. The lowest BCUT2D eigenvalue weighted by Crippen LogP contribution is -1.98. The van der Waals surface area contributed by atoms with E-state index in [1.807, 2.05) is 6.07 Å². The Hall–Kier alpha value is -1.96. The zero-order valence-electron chi connectivity index (χ0n) is 9.72. The smallest absolute Gasteiger partial charge is 0.156 e. The summed E-state index contributed by atoms with van der Waals surface area (Å²) >= 11 is 5.94. The van der Waals surface area contributed by atoms with Crippen LogP contribution in [0, 0.1) is 11.3 Å². The Bertz CT molecular complexity index is 607. The summed E-state index contributed by atoms with van der Waals surface area (Å²) < 4.78 is 4.98. The van der Waals surface area contributed by atoms with Crippen molar-refractivity contribution >= 4 is 11.6 Å². The third kappa shape index (κ3) is 2.83. The van der Waals surface area contributed by atoms with Crippen LogP contribution in [0.1, 0.15) is 11.4 Å². The SMILES string of the molecule is COCc1nc(Cl)cc(-c2cccc(C#N)c2)n1. The number of methoxy groups -OCH3 is 1. The molecule has 0 spiro atoms. The van der Waals surface area contributed by atoms with Gasteiger partial charge in [-0.3, -0.25) is 0 Å². The first-order valence-electron chi connectivity index (χ1n) is 5.26. The van der Waals surface area contributed by atoms with Crippen molar-refractivity contribution in [2.45, 2.75) is 6.61 Å². The van der Waals surface area contributed by atoms with Crippen LogP contribution in [0.25, 0.3) is 11.3 Å². The fraction of sp³-hybridized carbons (Fsp3) is 0.154. The number of halogens is 1. The van der Waals surface area contributed by atoms with Gasteiger partial charge >= 0.3 is 0 Å². The summed E-state index contributed by atoms with van der Waals surface area (Å²) in [6.45, 7) is 0.297. The Labute approximate surface area is 110 Å². The molecule has 0 atom stereocenters. The Morgan fingerprint density at radius 1 is 1.33 bits per heavy atom. The van der Waals surface area contributed by atoms with E-state index in [2.05, 4.69) is 16.0 Å². The van der Waals surface area contributed by atoms with Gasteiger partial charge in [0.05, 0.1) is 17.3 Å². The molecule has 0 aliphatic heterocycles. The van der Waals surface area contributed by atoms with Gasteiger partial charge in [0.1, 0.15) is 11.8 Å². The molecule has 0 amide bonds. The summed E-state index contributed by atoms with van der Waals surface area (Å²) in [6.07, 6.45) is 0. The molecule has 0 radical (unpaired) electrons. The van der Waals surface area contributed by atoms with Crippen molar-refractivity contribution in [1.29, 1.82) is 5.26 Å². The van der Waals surface area contributed by atoms with Crippen molar-refractivity contribution in [2.75, 3.05) is 7.11 Å². The molecule has 5 heteroatoms. The van der Waals surface area contributed by atoms with Crippen molar-refractivity contribution in [3.63, 3.8) is 0 Å². The molecule has 0 fully saturated rings. The highest BCUT2D eigenvalue weighted by molar-refractivity contribution is 6.29. The molecular formula is C13H10ClN3O. The lowest BCUT2D eigenvalue weighted by atomic mass is 10.1. The number of rotatable bonds is 3. The van der Waals surface area contributed by atoms with E-state index in [1.165, 1.54) is 0 Å². The molecule has 0 saturated carbocycles. The second kappa shape index (κ2) is 5.58. The lowest BCUT2D eigenvalue weighted by Gasteiger charge is -2.05. The average molecular weight is 260 g/mol. The van der Waals surface area contributed by atoms with Crippen molar-refractivity contribution in [3.8, 4) is 17.3 Å². The van der Waals surface area contributed by atoms with Gasteiger partial charge in [-0.25, -0.2) is 9.97 Å². The van der Waals surface area contributed by atoms with Crippen LogP contribution in [0.5, 0.6) is 0 Å². The molecule has 18 heavy (non-hydrogen) atoms. The molecule has 1 heterocycles. The summed E-state index contributed by atoms with van der Waals surface area (Å²) in [5.74, 6) is 0.516. The number of hydrogen-bond donors (Lipinski definition) is 0. The summed E-state index contributed by atoms with van der Waals surface area (Å²) in [7, 11) is 1.57. The Morgan fingerprint density at radius 2 is 2.17 bits per heavy atom. The van der Waals surface area contributed by atoms with Crippen LogP contribution in [0.15, 0.2) is 30.3 Å². The minimum atomic E-state index is 0.297. The van der Waals surface area contributed by atoms with E-state index in [0.29, 0.717) is 28.8 Å². The third-order valence-electron chi connectivity index (χ3n) is 2.30. The molecule has 0 aliphatic rings. The molecule has 0 N–H and O–H groups in total. The molecule has 0 aliphatic carbocycles. The Morgan fingerprint density at radius 3 is 2.89 bits per heavy atom. The molecule has 90 valence electrons. The topological polar surface area (TPSA) is 58.8 Å². The zero-order chi connectivity index (χ0) is 13.0. The van der Waals surface area contributed by atoms with Crippen LogP contribution >= 0.6 is 11.6 Å². The maximum Gasteiger partial charge on any atom is 0.156 e. The minimum absolute atomic E-state index is 0.297. The van der Waals surface area contributed by atoms with Crippen LogP contribution in [0.3, 0.4) is 0 Å². The van der Waals surface area contributed by atoms with Gasteiger partial charge in [0.15, 0.2) is 5.82 Å². The number of hydrogen-bond acceptors (Lipinski definition) is 4. The van der Waals surface area contributed by atoms with Crippen LogP contribution in [-0.4, -0.2) is 17.1 Å². The molecule has 0 unspecified atom stereocenters.